The highest BCUT2D eigenvalue weighted by molar-refractivity contribution is 5.93. The maximum atomic E-state index is 12.7. The van der Waals surface area contributed by atoms with E-state index in [0.29, 0.717) is 36.5 Å². The van der Waals surface area contributed by atoms with Gasteiger partial charge in [0.25, 0.3) is 0 Å². The second kappa shape index (κ2) is 10.1. The lowest BCUT2D eigenvalue weighted by Crippen LogP contribution is -2.33. The van der Waals surface area contributed by atoms with Gasteiger partial charge in [-0.2, -0.15) is 0 Å². The summed E-state index contributed by atoms with van der Waals surface area (Å²) in [7, 11) is 1.56. The number of carbonyl (C=O) groups excluding carboxylic acids is 1. The van der Waals surface area contributed by atoms with Crippen molar-refractivity contribution in [1.29, 1.82) is 0 Å². The number of benzene rings is 2. The minimum Gasteiger partial charge on any atom is -0.508 e. The second-order valence-corrected chi connectivity index (χ2v) is 7.38. The first-order valence-corrected chi connectivity index (χ1v) is 10.4. The van der Waals surface area contributed by atoms with Crippen molar-refractivity contribution in [2.45, 2.75) is 33.2 Å². The van der Waals surface area contributed by atoms with E-state index in [-0.39, 0.29) is 18.2 Å². The molecule has 3 aromatic rings. The van der Waals surface area contributed by atoms with E-state index < -0.39 is 5.63 Å². The predicted octanol–water partition coefficient (Wildman–Crippen LogP) is 3.92. The topological polar surface area (TPSA) is 92.0 Å². The molecular formula is C24H28N2O5. The van der Waals surface area contributed by atoms with Crippen molar-refractivity contribution in [3.05, 3.63) is 64.0 Å². The molecular weight excluding hydrogens is 396 g/mol. The highest BCUT2D eigenvalue weighted by Crippen LogP contribution is 2.28. The first-order chi connectivity index (χ1) is 14.9. The minimum absolute atomic E-state index is 0.108. The predicted molar refractivity (Wildman–Crippen MR) is 121 cm³/mol. The maximum Gasteiger partial charge on any atom is 0.336 e. The van der Waals surface area contributed by atoms with Gasteiger partial charge in [-0.3, -0.25) is 9.69 Å². The highest BCUT2D eigenvalue weighted by Gasteiger charge is 2.16. The fraction of sp³-hybridized carbons (Fsp3) is 0.333. The average molecular weight is 424 g/mol. The molecule has 2 aromatic carbocycles. The van der Waals surface area contributed by atoms with Gasteiger partial charge in [-0.25, -0.2) is 4.79 Å². The van der Waals surface area contributed by atoms with E-state index in [1.54, 1.807) is 19.2 Å². The second-order valence-electron chi connectivity index (χ2n) is 7.38. The van der Waals surface area contributed by atoms with Crippen molar-refractivity contribution < 1.29 is 19.1 Å². The summed E-state index contributed by atoms with van der Waals surface area (Å²) in [6.07, 6.45) is 1.50. The number of carbonyl (C=O) groups is 1. The number of hydrogen-bond acceptors (Lipinski definition) is 6. The Hall–Kier alpha value is -3.32. The van der Waals surface area contributed by atoms with Crippen molar-refractivity contribution >= 4 is 22.6 Å². The Bertz CT molecular complexity index is 1120. The molecule has 164 valence electrons. The third kappa shape index (κ3) is 5.44. The lowest BCUT2D eigenvalue weighted by Gasteiger charge is -2.22. The van der Waals surface area contributed by atoms with Gasteiger partial charge in [-0.15, -0.1) is 0 Å². The molecule has 7 heteroatoms. The van der Waals surface area contributed by atoms with Gasteiger partial charge in [-0.1, -0.05) is 26.0 Å². The molecule has 0 spiro atoms. The van der Waals surface area contributed by atoms with E-state index in [1.807, 2.05) is 36.9 Å². The largest absolute Gasteiger partial charge is 0.508 e. The Balaban J connectivity index is 1.85. The van der Waals surface area contributed by atoms with Gasteiger partial charge >= 0.3 is 5.63 Å². The molecule has 0 aliphatic heterocycles. The molecule has 1 amide bonds. The molecule has 2 N–H and O–H groups in total. The molecule has 1 aromatic heterocycles. The number of anilines is 1. The summed E-state index contributed by atoms with van der Waals surface area (Å²) in [5.41, 5.74) is 2.01. The first kappa shape index (κ1) is 22.4. The van der Waals surface area contributed by atoms with Crippen LogP contribution in [0.15, 0.2) is 51.7 Å². The van der Waals surface area contributed by atoms with Gasteiger partial charge in [-0.05, 0) is 48.7 Å². The van der Waals surface area contributed by atoms with Crippen LogP contribution in [0.2, 0.25) is 0 Å². The number of hydrogen-bond donors (Lipinski definition) is 2. The normalized spacial score (nSPS) is 11.1. The molecule has 0 unspecified atom stereocenters. The number of nitrogens with one attached hydrogen (secondary N) is 1. The Morgan fingerprint density at radius 3 is 2.65 bits per heavy atom. The number of fused-ring (bicyclic) bond motifs is 1. The molecule has 0 atom stereocenters. The molecule has 0 aliphatic carbocycles. The smallest absolute Gasteiger partial charge is 0.336 e. The summed E-state index contributed by atoms with van der Waals surface area (Å²) in [4.78, 5) is 26.8. The van der Waals surface area contributed by atoms with E-state index >= 15 is 0 Å². The number of amides is 1. The van der Waals surface area contributed by atoms with Crippen LogP contribution in [0, 0.1) is 0 Å². The quantitative estimate of drug-likeness (QED) is 0.506. The third-order valence-electron chi connectivity index (χ3n) is 5.09. The lowest BCUT2D eigenvalue weighted by molar-refractivity contribution is -0.117. The van der Waals surface area contributed by atoms with E-state index in [1.165, 1.54) is 12.1 Å². The number of ether oxygens (including phenoxy) is 1. The van der Waals surface area contributed by atoms with Crippen LogP contribution in [0.1, 0.15) is 31.4 Å². The molecule has 3 rings (SSSR count). The van der Waals surface area contributed by atoms with Crippen LogP contribution in [0.25, 0.3) is 11.0 Å². The summed E-state index contributed by atoms with van der Waals surface area (Å²) in [6.45, 7) is 5.23. The van der Waals surface area contributed by atoms with E-state index in [9.17, 15) is 14.7 Å². The standard InChI is InChI=1S/C24H28N2O5/c1-4-10-26(15-23(28)25-19-8-6-7-9-21(19)30-3)14-17-12-24(29)31-22-13-20(27)16(5-2)11-18(17)22/h6-9,11-13,27H,4-5,10,14-15H2,1-3H3,(H,25,28). The third-order valence-corrected chi connectivity index (χ3v) is 5.09. The Morgan fingerprint density at radius 2 is 1.94 bits per heavy atom. The van der Waals surface area contributed by atoms with Gasteiger partial charge in [0, 0.05) is 24.1 Å². The van der Waals surface area contributed by atoms with Crippen LogP contribution in [0.4, 0.5) is 5.69 Å². The molecule has 1 heterocycles. The van der Waals surface area contributed by atoms with Gasteiger partial charge in [0.05, 0.1) is 19.3 Å². The zero-order valence-corrected chi connectivity index (χ0v) is 18.1. The molecule has 0 aliphatic rings. The summed E-state index contributed by atoms with van der Waals surface area (Å²) in [5, 5.41) is 13.8. The Labute approximate surface area is 181 Å². The lowest BCUT2D eigenvalue weighted by atomic mass is 10.0. The minimum atomic E-state index is -0.485. The fourth-order valence-corrected chi connectivity index (χ4v) is 3.63. The number of rotatable bonds is 9. The SMILES string of the molecule is CCCN(CC(=O)Nc1ccccc1OC)Cc1cc(=O)oc2cc(O)c(CC)cc12. The molecule has 31 heavy (non-hydrogen) atoms. The summed E-state index contributed by atoms with van der Waals surface area (Å²) in [5.74, 6) is 0.533. The first-order valence-electron chi connectivity index (χ1n) is 10.4. The van der Waals surface area contributed by atoms with Crippen molar-refractivity contribution in [3.8, 4) is 11.5 Å². The van der Waals surface area contributed by atoms with E-state index in [2.05, 4.69) is 5.32 Å². The number of aryl methyl sites for hydroxylation is 1. The Morgan fingerprint density at radius 1 is 1.16 bits per heavy atom. The van der Waals surface area contributed by atoms with Crippen molar-refractivity contribution in [1.82, 2.24) is 4.90 Å². The van der Waals surface area contributed by atoms with E-state index in [0.717, 1.165) is 22.9 Å². The molecule has 0 saturated carbocycles. The fourth-order valence-electron chi connectivity index (χ4n) is 3.63. The molecule has 0 fully saturated rings. The van der Waals surface area contributed by atoms with Crippen molar-refractivity contribution in [2.24, 2.45) is 0 Å². The van der Waals surface area contributed by atoms with Crippen LogP contribution in [0.5, 0.6) is 11.5 Å². The monoisotopic (exact) mass is 424 g/mol. The summed E-state index contributed by atoms with van der Waals surface area (Å²) >= 11 is 0. The van der Waals surface area contributed by atoms with Gasteiger partial charge in [0.15, 0.2) is 0 Å². The zero-order chi connectivity index (χ0) is 22.4. The zero-order valence-electron chi connectivity index (χ0n) is 18.1. The van der Waals surface area contributed by atoms with Gasteiger partial charge < -0.3 is 19.6 Å². The summed E-state index contributed by atoms with van der Waals surface area (Å²) in [6, 6.07) is 12.0. The Kier molecular flexibility index (Phi) is 7.31. The van der Waals surface area contributed by atoms with Crippen molar-refractivity contribution in [3.63, 3.8) is 0 Å². The molecule has 0 saturated heterocycles. The van der Waals surface area contributed by atoms with Crippen LogP contribution in [-0.2, 0) is 17.8 Å². The van der Waals surface area contributed by atoms with Crippen molar-refractivity contribution in [2.75, 3.05) is 25.5 Å². The number of aromatic hydroxyl groups is 1. The number of para-hydroxylation sites is 2. The van der Waals surface area contributed by atoms with Crippen LogP contribution in [-0.4, -0.2) is 36.1 Å². The number of nitrogens with zero attached hydrogens (tertiary/aromatic N) is 1. The number of phenols is 1. The maximum absolute atomic E-state index is 12.7. The summed E-state index contributed by atoms with van der Waals surface area (Å²) < 4.78 is 10.6. The highest BCUT2D eigenvalue weighted by atomic mass is 16.5. The number of methoxy groups -OCH3 is 1. The molecule has 0 bridgehead atoms. The van der Waals surface area contributed by atoms with Crippen LogP contribution < -0.4 is 15.7 Å². The van der Waals surface area contributed by atoms with Crippen LogP contribution >= 0.6 is 0 Å². The average Bonchev–Trinajstić information content (AvgIpc) is 2.73. The molecule has 0 radical (unpaired) electrons. The van der Waals surface area contributed by atoms with Crippen LogP contribution in [0.3, 0.4) is 0 Å². The number of phenolic OH excluding ortho intramolecular Hbond substituents is 1. The van der Waals surface area contributed by atoms with Gasteiger partial charge in [0.2, 0.25) is 5.91 Å². The van der Waals surface area contributed by atoms with E-state index in [4.69, 9.17) is 9.15 Å². The van der Waals surface area contributed by atoms with Gasteiger partial charge in [0.1, 0.15) is 17.1 Å². The molecule has 7 nitrogen and oxygen atoms in total.